The van der Waals surface area contributed by atoms with Crippen LogP contribution < -0.4 is 14.8 Å². The van der Waals surface area contributed by atoms with E-state index in [1.54, 1.807) is 6.07 Å². The second-order valence-electron chi connectivity index (χ2n) is 8.65. The Morgan fingerprint density at radius 3 is 2.39 bits per heavy atom. The minimum atomic E-state index is -3.00. The lowest BCUT2D eigenvalue weighted by Crippen LogP contribution is -2.10. The van der Waals surface area contributed by atoms with Gasteiger partial charge in [0.05, 0.1) is 12.4 Å². The van der Waals surface area contributed by atoms with Crippen LogP contribution in [0.2, 0.25) is 0 Å². The maximum atomic E-state index is 14.2. The predicted molar refractivity (Wildman–Crippen MR) is 138 cm³/mol. The molecule has 9 heteroatoms. The number of aliphatic carboxylic acids is 1. The van der Waals surface area contributed by atoms with Gasteiger partial charge in [-0.15, -0.1) is 0 Å². The van der Waals surface area contributed by atoms with Gasteiger partial charge in [-0.05, 0) is 78.4 Å². The SMILES string of the molecule is Cc1cc(OCCCS(C)(=O)=O)cc(C)c1-c1cccc(CNc2ccc(OCC(=O)O)c(F)c2)c1. The summed E-state index contributed by atoms with van der Waals surface area (Å²) in [7, 11) is -3.00. The first kappa shape index (κ1) is 27.0. The quantitative estimate of drug-likeness (QED) is 0.327. The molecule has 0 bridgehead atoms. The molecule has 0 aliphatic rings. The molecular formula is C27H30FNO6S. The number of hydrogen-bond acceptors (Lipinski definition) is 6. The summed E-state index contributed by atoms with van der Waals surface area (Å²) in [5.41, 5.74) is 5.75. The summed E-state index contributed by atoms with van der Waals surface area (Å²) < 4.78 is 47.4. The lowest BCUT2D eigenvalue weighted by Gasteiger charge is -2.15. The van der Waals surface area contributed by atoms with Crippen LogP contribution in [0.5, 0.6) is 11.5 Å². The molecule has 192 valence electrons. The van der Waals surface area contributed by atoms with Crippen molar-refractivity contribution in [2.24, 2.45) is 0 Å². The average Bonchev–Trinajstić information content (AvgIpc) is 2.79. The van der Waals surface area contributed by atoms with E-state index in [9.17, 15) is 17.6 Å². The Bertz CT molecular complexity index is 1320. The van der Waals surface area contributed by atoms with Gasteiger partial charge in [0.15, 0.2) is 18.2 Å². The lowest BCUT2D eigenvalue weighted by atomic mass is 9.94. The molecule has 0 aliphatic carbocycles. The number of carboxylic acids is 1. The number of halogens is 1. The van der Waals surface area contributed by atoms with E-state index in [4.69, 9.17) is 14.6 Å². The first-order chi connectivity index (χ1) is 17.0. The van der Waals surface area contributed by atoms with Crippen LogP contribution >= 0.6 is 0 Å². The van der Waals surface area contributed by atoms with E-state index in [2.05, 4.69) is 11.4 Å². The van der Waals surface area contributed by atoms with E-state index in [1.807, 2.05) is 44.2 Å². The molecule has 3 aromatic rings. The van der Waals surface area contributed by atoms with Crippen LogP contribution in [-0.2, 0) is 21.2 Å². The van der Waals surface area contributed by atoms with Crippen LogP contribution in [-0.4, -0.2) is 44.7 Å². The van der Waals surface area contributed by atoms with Crippen LogP contribution in [0.15, 0.2) is 54.6 Å². The third kappa shape index (κ3) is 7.98. The van der Waals surface area contributed by atoms with Gasteiger partial charge in [-0.1, -0.05) is 18.2 Å². The number of rotatable bonds is 12. The molecule has 0 spiro atoms. The van der Waals surface area contributed by atoms with E-state index < -0.39 is 28.2 Å². The summed E-state index contributed by atoms with van der Waals surface area (Å²) >= 11 is 0. The molecule has 0 aromatic heterocycles. The molecular weight excluding hydrogens is 485 g/mol. The van der Waals surface area contributed by atoms with Crippen molar-refractivity contribution in [1.29, 1.82) is 0 Å². The first-order valence-corrected chi connectivity index (χ1v) is 13.5. The van der Waals surface area contributed by atoms with E-state index in [0.29, 0.717) is 31.0 Å². The van der Waals surface area contributed by atoms with E-state index in [0.717, 1.165) is 27.8 Å². The monoisotopic (exact) mass is 515 g/mol. The van der Waals surface area contributed by atoms with Crippen molar-refractivity contribution in [3.05, 3.63) is 77.1 Å². The molecule has 0 unspecified atom stereocenters. The number of nitrogens with one attached hydrogen (secondary N) is 1. The zero-order chi connectivity index (χ0) is 26.3. The van der Waals surface area contributed by atoms with Crippen molar-refractivity contribution < 1.29 is 32.2 Å². The Morgan fingerprint density at radius 2 is 1.75 bits per heavy atom. The topological polar surface area (TPSA) is 102 Å². The van der Waals surface area contributed by atoms with Crippen LogP contribution in [0.3, 0.4) is 0 Å². The highest BCUT2D eigenvalue weighted by Gasteiger charge is 2.11. The third-order valence-corrected chi connectivity index (χ3v) is 6.46. The van der Waals surface area contributed by atoms with Gasteiger partial charge in [-0.25, -0.2) is 17.6 Å². The van der Waals surface area contributed by atoms with Gasteiger partial charge in [0.2, 0.25) is 0 Å². The van der Waals surface area contributed by atoms with E-state index in [-0.39, 0.29) is 11.5 Å². The first-order valence-electron chi connectivity index (χ1n) is 11.4. The maximum Gasteiger partial charge on any atom is 0.341 e. The Labute approximate surface area is 210 Å². The Morgan fingerprint density at radius 1 is 1.03 bits per heavy atom. The molecule has 0 amide bonds. The molecule has 0 saturated carbocycles. The zero-order valence-electron chi connectivity index (χ0n) is 20.5. The van der Waals surface area contributed by atoms with Gasteiger partial charge in [-0.3, -0.25) is 0 Å². The van der Waals surface area contributed by atoms with Crippen molar-refractivity contribution in [1.82, 2.24) is 0 Å². The summed E-state index contributed by atoms with van der Waals surface area (Å²) in [6.07, 6.45) is 1.66. The number of carboxylic acid groups (broad SMARTS) is 1. The molecule has 0 radical (unpaired) electrons. The second kappa shape index (κ2) is 11.9. The number of benzene rings is 3. The van der Waals surface area contributed by atoms with Crippen molar-refractivity contribution in [3.63, 3.8) is 0 Å². The lowest BCUT2D eigenvalue weighted by molar-refractivity contribution is -0.139. The number of ether oxygens (including phenoxy) is 2. The van der Waals surface area contributed by atoms with Gasteiger partial charge in [0.1, 0.15) is 15.6 Å². The van der Waals surface area contributed by atoms with Crippen molar-refractivity contribution >= 4 is 21.5 Å². The summed E-state index contributed by atoms with van der Waals surface area (Å²) in [5, 5.41) is 11.8. The van der Waals surface area contributed by atoms with Crippen LogP contribution in [0, 0.1) is 19.7 Å². The highest BCUT2D eigenvalue weighted by molar-refractivity contribution is 7.90. The van der Waals surface area contributed by atoms with Gasteiger partial charge in [0, 0.05) is 24.6 Å². The van der Waals surface area contributed by atoms with Gasteiger partial charge < -0.3 is 19.9 Å². The Kier molecular flexibility index (Phi) is 8.93. The highest BCUT2D eigenvalue weighted by Crippen LogP contribution is 2.32. The fraction of sp³-hybridized carbons (Fsp3) is 0.296. The molecule has 3 rings (SSSR count). The number of hydrogen-bond donors (Lipinski definition) is 2. The van der Waals surface area contributed by atoms with E-state index >= 15 is 0 Å². The fourth-order valence-corrected chi connectivity index (χ4v) is 4.52. The maximum absolute atomic E-state index is 14.2. The van der Waals surface area contributed by atoms with Crippen molar-refractivity contribution in [2.75, 3.05) is 30.5 Å². The second-order valence-corrected chi connectivity index (χ2v) is 10.9. The standard InChI is InChI=1S/C27H30FNO6S/c1-18-12-23(34-10-5-11-36(3,32)33)13-19(2)27(18)21-7-4-6-20(14-21)16-29-22-8-9-25(24(28)15-22)35-17-26(30)31/h4,6-9,12-15,29H,5,10-11,16-17H2,1-3H3,(H,30,31). The molecule has 7 nitrogen and oxygen atoms in total. The number of anilines is 1. The minimum absolute atomic E-state index is 0.0964. The summed E-state index contributed by atoms with van der Waals surface area (Å²) in [6, 6.07) is 16.2. The molecule has 0 fully saturated rings. The molecule has 0 aliphatic heterocycles. The van der Waals surface area contributed by atoms with Crippen molar-refractivity contribution in [3.8, 4) is 22.6 Å². The van der Waals surface area contributed by atoms with E-state index in [1.165, 1.54) is 18.4 Å². The summed E-state index contributed by atoms with van der Waals surface area (Å²) in [6.45, 7) is 4.20. The molecule has 0 saturated heterocycles. The molecule has 3 aromatic carbocycles. The van der Waals surface area contributed by atoms with Gasteiger partial charge in [0.25, 0.3) is 0 Å². The Hall–Kier alpha value is -3.59. The van der Waals surface area contributed by atoms with Crippen LogP contribution in [0.4, 0.5) is 10.1 Å². The van der Waals surface area contributed by atoms with Gasteiger partial charge in [-0.2, -0.15) is 0 Å². The zero-order valence-corrected chi connectivity index (χ0v) is 21.3. The molecule has 2 N–H and O–H groups in total. The number of aryl methyl sites for hydroxylation is 2. The minimum Gasteiger partial charge on any atom is -0.494 e. The fourth-order valence-electron chi connectivity index (χ4n) is 3.88. The number of carbonyl (C=O) groups is 1. The highest BCUT2D eigenvalue weighted by atomic mass is 32.2. The predicted octanol–water partition coefficient (Wildman–Crippen LogP) is 5.00. The van der Waals surface area contributed by atoms with Crippen LogP contribution in [0.25, 0.3) is 11.1 Å². The summed E-state index contributed by atoms with van der Waals surface area (Å²) in [5.74, 6) is -1.12. The summed E-state index contributed by atoms with van der Waals surface area (Å²) in [4.78, 5) is 10.6. The smallest absolute Gasteiger partial charge is 0.341 e. The van der Waals surface area contributed by atoms with Crippen LogP contribution in [0.1, 0.15) is 23.1 Å². The third-order valence-electron chi connectivity index (χ3n) is 5.43. The van der Waals surface area contributed by atoms with Crippen molar-refractivity contribution in [2.45, 2.75) is 26.8 Å². The average molecular weight is 516 g/mol. The normalized spacial score (nSPS) is 11.2. The largest absolute Gasteiger partial charge is 0.494 e. The molecule has 0 heterocycles. The number of sulfone groups is 1. The van der Waals surface area contributed by atoms with Gasteiger partial charge >= 0.3 is 5.97 Å². The molecule has 36 heavy (non-hydrogen) atoms. The molecule has 0 atom stereocenters. The Balaban J connectivity index is 1.67.